The minimum atomic E-state index is -0.829. The van der Waals surface area contributed by atoms with Gasteiger partial charge in [0.2, 0.25) is 11.8 Å². The summed E-state index contributed by atoms with van der Waals surface area (Å²) in [5, 5.41) is 10.6. The first-order valence-corrected chi connectivity index (χ1v) is 12.8. The molecular formula is C30H35Cl2N5O2. The average molecular weight is 569 g/mol. The van der Waals surface area contributed by atoms with Crippen LogP contribution in [-0.4, -0.2) is 40.7 Å². The van der Waals surface area contributed by atoms with Gasteiger partial charge < -0.3 is 21.7 Å². The van der Waals surface area contributed by atoms with Crippen LogP contribution in [0.1, 0.15) is 47.4 Å². The van der Waals surface area contributed by atoms with Crippen molar-refractivity contribution in [1.82, 2.24) is 10.2 Å². The zero-order chi connectivity index (χ0) is 26.0. The Hall–Kier alpha value is -3.39. The molecule has 0 spiro atoms. The molecule has 2 aliphatic rings. The summed E-state index contributed by atoms with van der Waals surface area (Å²) < 4.78 is 0. The molecule has 5 rings (SSSR count). The first-order valence-electron chi connectivity index (χ1n) is 12.8. The third kappa shape index (κ3) is 5.96. The fraction of sp³-hybridized carbons (Fsp3) is 0.300. The Morgan fingerprint density at radius 2 is 1.51 bits per heavy atom. The van der Waals surface area contributed by atoms with Gasteiger partial charge in [0, 0.05) is 24.6 Å². The molecule has 6 N–H and O–H groups in total. The molecule has 1 saturated carbocycles. The van der Waals surface area contributed by atoms with Gasteiger partial charge in [-0.2, -0.15) is 0 Å². The third-order valence-corrected chi connectivity index (χ3v) is 7.83. The molecule has 39 heavy (non-hydrogen) atoms. The van der Waals surface area contributed by atoms with Crippen LogP contribution in [0, 0.1) is 11.3 Å². The molecule has 1 heterocycles. The van der Waals surface area contributed by atoms with E-state index in [0.29, 0.717) is 25.1 Å². The smallest absolute Gasteiger partial charge is 0.246 e. The van der Waals surface area contributed by atoms with E-state index in [2.05, 4.69) is 5.32 Å². The van der Waals surface area contributed by atoms with Gasteiger partial charge in [-0.25, -0.2) is 0 Å². The molecule has 1 saturated heterocycles. The number of nitrogens with two attached hydrogens (primary N) is 2. The number of rotatable bonds is 8. The van der Waals surface area contributed by atoms with Crippen molar-refractivity contribution in [3.05, 3.63) is 107 Å². The van der Waals surface area contributed by atoms with Gasteiger partial charge in [0.1, 0.15) is 11.4 Å². The number of fused-ring (bicyclic) bond motifs is 1. The number of piperidine rings is 1. The van der Waals surface area contributed by atoms with Crippen molar-refractivity contribution in [3.63, 3.8) is 0 Å². The molecule has 3 atom stereocenters. The maximum absolute atomic E-state index is 14.0. The van der Waals surface area contributed by atoms with Gasteiger partial charge >= 0.3 is 0 Å². The lowest BCUT2D eigenvalue weighted by atomic mass is 9.84. The minimum Gasteiger partial charge on any atom is -0.384 e. The second kappa shape index (κ2) is 12.6. The first-order chi connectivity index (χ1) is 17.9. The van der Waals surface area contributed by atoms with Crippen LogP contribution in [0.3, 0.4) is 0 Å². The van der Waals surface area contributed by atoms with Crippen LogP contribution in [0.15, 0.2) is 84.9 Å². The van der Waals surface area contributed by atoms with E-state index in [1.165, 1.54) is 0 Å². The summed E-state index contributed by atoms with van der Waals surface area (Å²) in [4.78, 5) is 29.3. The highest BCUT2D eigenvalue weighted by Crippen LogP contribution is 2.54. The molecule has 9 heteroatoms. The predicted octanol–water partition coefficient (Wildman–Crippen LogP) is 3.97. The lowest BCUT2D eigenvalue weighted by Crippen LogP contribution is -2.59. The van der Waals surface area contributed by atoms with Crippen molar-refractivity contribution >= 4 is 42.5 Å². The number of carbonyl (C=O) groups excluding carboxylic acids is 2. The van der Waals surface area contributed by atoms with Crippen molar-refractivity contribution in [1.29, 1.82) is 5.41 Å². The zero-order valence-electron chi connectivity index (χ0n) is 21.6. The lowest BCUT2D eigenvalue weighted by Gasteiger charge is -2.38. The van der Waals surface area contributed by atoms with Gasteiger partial charge in [-0.15, -0.1) is 24.8 Å². The van der Waals surface area contributed by atoms with Crippen LogP contribution >= 0.6 is 24.8 Å². The highest BCUT2D eigenvalue weighted by atomic mass is 35.5. The topological polar surface area (TPSA) is 125 Å². The number of nitrogens with one attached hydrogen (secondary N) is 2. The summed E-state index contributed by atoms with van der Waals surface area (Å²) in [7, 11) is 0. The van der Waals surface area contributed by atoms with Crippen LogP contribution in [0.4, 0.5) is 0 Å². The van der Waals surface area contributed by atoms with Crippen molar-refractivity contribution in [3.8, 4) is 0 Å². The number of amidine groups is 1. The molecule has 3 aromatic carbocycles. The highest BCUT2D eigenvalue weighted by Gasteiger charge is 2.66. The Kier molecular flexibility index (Phi) is 9.78. The number of nitrogens with zero attached hydrogens (tertiary/aromatic N) is 1. The zero-order valence-corrected chi connectivity index (χ0v) is 23.2. The molecule has 2 fully saturated rings. The van der Waals surface area contributed by atoms with Crippen LogP contribution in [0.25, 0.3) is 0 Å². The Labute approximate surface area is 241 Å². The minimum absolute atomic E-state index is 0. The molecule has 1 aliphatic heterocycles. The fourth-order valence-electron chi connectivity index (χ4n) is 5.78. The second-order valence-corrected chi connectivity index (χ2v) is 10.1. The summed E-state index contributed by atoms with van der Waals surface area (Å²) in [5.41, 5.74) is 15.0. The number of nitrogen functional groups attached to an aromatic ring is 1. The molecule has 3 aromatic rings. The second-order valence-electron chi connectivity index (χ2n) is 10.1. The summed E-state index contributed by atoms with van der Waals surface area (Å²) in [6, 6.07) is 26.2. The Bertz CT molecular complexity index is 1250. The molecule has 1 aliphatic carbocycles. The molecule has 0 aromatic heterocycles. The Balaban J connectivity index is 0.00000210. The highest BCUT2D eigenvalue weighted by molar-refractivity contribution is 5.97. The summed E-state index contributed by atoms with van der Waals surface area (Å²) in [6.07, 6.45) is 2.47. The van der Waals surface area contributed by atoms with E-state index in [4.69, 9.17) is 16.9 Å². The van der Waals surface area contributed by atoms with Crippen molar-refractivity contribution in [2.45, 2.75) is 43.3 Å². The number of amides is 2. The molecule has 7 nitrogen and oxygen atoms in total. The van der Waals surface area contributed by atoms with Gasteiger partial charge in [-0.05, 0) is 41.9 Å². The van der Waals surface area contributed by atoms with E-state index in [-0.39, 0.29) is 54.3 Å². The fourth-order valence-corrected chi connectivity index (χ4v) is 5.78. The molecule has 206 valence electrons. The quantitative estimate of drug-likeness (QED) is 0.242. The number of likely N-dealkylation sites (tertiary alicyclic amines) is 1. The summed E-state index contributed by atoms with van der Waals surface area (Å²) in [6.45, 7) is 0.871. The van der Waals surface area contributed by atoms with E-state index in [1.807, 2.05) is 72.8 Å². The van der Waals surface area contributed by atoms with Crippen molar-refractivity contribution in [2.75, 3.05) is 6.54 Å². The largest absolute Gasteiger partial charge is 0.384 e. The van der Waals surface area contributed by atoms with Gasteiger partial charge in [0.05, 0.1) is 6.04 Å². The Morgan fingerprint density at radius 3 is 2.05 bits per heavy atom. The molecule has 0 radical (unpaired) electrons. The molecular weight excluding hydrogens is 533 g/mol. The van der Waals surface area contributed by atoms with E-state index in [1.54, 1.807) is 17.0 Å². The van der Waals surface area contributed by atoms with E-state index >= 15 is 0 Å². The molecule has 0 bridgehead atoms. The summed E-state index contributed by atoms with van der Waals surface area (Å²) >= 11 is 0. The van der Waals surface area contributed by atoms with Gasteiger partial charge in [-0.3, -0.25) is 15.0 Å². The van der Waals surface area contributed by atoms with E-state index in [9.17, 15) is 9.59 Å². The monoisotopic (exact) mass is 567 g/mol. The lowest BCUT2D eigenvalue weighted by molar-refractivity contribution is -0.145. The van der Waals surface area contributed by atoms with Crippen LogP contribution < -0.4 is 16.8 Å². The SMILES string of the molecule is Cl.Cl.N=C(N)c1ccc(CNC(=O)[C@]23C[C@H]2CCCN3C(=O)[C@H](N)C(c2ccccc2)c2ccccc2)cc1. The van der Waals surface area contributed by atoms with Crippen LogP contribution in [-0.2, 0) is 16.1 Å². The number of carbonyl (C=O) groups is 2. The maximum atomic E-state index is 14.0. The van der Waals surface area contributed by atoms with E-state index < -0.39 is 11.6 Å². The standard InChI is InChI=1S/C30H33N5O2.2ClH/c31-26(25(21-8-3-1-4-9-21)22-10-5-2-6-11-22)28(36)35-17-7-12-24-18-30(24,35)29(37)34-19-20-13-15-23(16-14-20)27(32)33;;/h1-6,8-11,13-16,24-26H,7,12,17-19,31H2,(H3,32,33)(H,34,37);2*1H/t24-,26-,30+;;/m1../s1. The molecule has 2 amide bonds. The van der Waals surface area contributed by atoms with E-state index in [0.717, 1.165) is 29.5 Å². The predicted molar refractivity (Wildman–Crippen MR) is 158 cm³/mol. The first kappa shape index (κ1) is 30.2. The Morgan fingerprint density at radius 1 is 0.949 bits per heavy atom. The van der Waals surface area contributed by atoms with Crippen molar-refractivity contribution < 1.29 is 9.59 Å². The maximum Gasteiger partial charge on any atom is 0.246 e. The number of benzene rings is 3. The van der Waals surface area contributed by atoms with Gasteiger partial charge in [-0.1, -0.05) is 84.9 Å². The number of halogens is 2. The number of hydrogen-bond donors (Lipinski definition) is 4. The summed E-state index contributed by atoms with van der Waals surface area (Å²) in [5.74, 6) is -0.448. The normalized spacial score (nSPS) is 20.1. The van der Waals surface area contributed by atoms with Crippen LogP contribution in [0.2, 0.25) is 0 Å². The van der Waals surface area contributed by atoms with Crippen molar-refractivity contribution in [2.24, 2.45) is 17.4 Å². The average Bonchev–Trinajstić information content (AvgIpc) is 3.69. The third-order valence-electron chi connectivity index (χ3n) is 7.83. The van der Waals surface area contributed by atoms with Crippen LogP contribution in [0.5, 0.6) is 0 Å². The molecule has 0 unspecified atom stereocenters. The van der Waals surface area contributed by atoms with Gasteiger partial charge in [0.15, 0.2) is 0 Å². The van der Waals surface area contributed by atoms with Gasteiger partial charge in [0.25, 0.3) is 0 Å². The number of hydrogen-bond acceptors (Lipinski definition) is 4.